The molecule has 0 bridgehead atoms. The second-order valence-corrected chi connectivity index (χ2v) is 5.61. The van der Waals surface area contributed by atoms with Crippen LogP contribution in [0.3, 0.4) is 0 Å². The minimum atomic E-state index is -0.174. The summed E-state index contributed by atoms with van der Waals surface area (Å²) in [7, 11) is 4.74. The smallest absolute Gasteiger partial charge is 0.227 e. The van der Waals surface area contributed by atoms with Crippen LogP contribution in [-0.4, -0.2) is 27.2 Å². The molecule has 5 heteroatoms. The van der Waals surface area contributed by atoms with Crippen molar-refractivity contribution in [3.05, 3.63) is 53.6 Å². The minimum absolute atomic E-state index is 0.00876. The molecule has 25 heavy (non-hydrogen) atoms. The van der Waals surface area contributed by atoms with Crippen molar-refractivity contribution < 1.29 is 19.0 Å². The standard InChI is InChI=1S/C20H25NO4/c1-5-16(14-9-7-6-8-10-14)20(22)21-13-15-11-18(24-3)19(25-4)12-17(15)23-2/h6-12,16H,5,13H2,1-4H3,(H,21,22). The second kappa shape index (κ2) is 8.97. The Labute approximate surface area is 148 Å². The fourth-order valence-corrected chi connectivity index (χ4v) is 2.79. The molecule has 2 aromatic carbocycles. The van der Waals surface area contributed by atoms with Crippen LogP contribution in [0.5, 0.6) is 17.2 Å². The molecule has 0 aromatic heterocycles. The van der Waals surface area contributed by atoms with E-state index in [0.29, 0.717) is 23.8 Å². The van der Waals surface area contributed by atoms with Gasteiger partial charge in [-0.05, 0) is 18.1 Å². The number of rotatable bonds is 8. The van der Waals surface area contributed by atoms with Crippen LogP contribution in [0.25, 0.3) is 0 Å². The maximum atomic E-state index is 12.6. The third kappa shape index (κ3) is 4.44. The maximum absolute atomic E-state index is 12.6. The maximum Gasteiger partial charge on any atom is 0.227 e. The minimum Gasteiger partial charge on any atom is -0.496 e. The number of nitrogens with one attached hydrogen (secondary N) is 1. The van der Waals surface area contributed by atoms with Gasteiger partial charge in [0, 0.05) is 18.2 Å². The van der Waals surface area contributed by atoms with Gasteiger partial charge in [-0.3, -0.25) is 4.79 Å². The van der Waals surface area contributed by atoms with Crippen molar-refractivity contribution in [3.8, 4) is 17.2 Å². The summed E-state index contributed by atoms with van der Waals surface area (Å²) in [6.45, 7) is 2.36. The van der Waals surface area contributed by atoms with Crippen LogP contribution in [0.2, 0.25) is 0 Å². The van der Waals surface area contributed by atoms with E-state index in [1.807, 2.05) is 43.3 Å². The molecule has 0 saturated heterocycles. The molecule has 5 nitrogen and oxygen atoms in total. The Morgan fingerprint density at radius 1 is 0.960 bits per heavy atom. The van der Waals surface area contributed by atoms with Crippen LogP contribution in [0.15, 0.2) is 42.5 Å². The molecule has 0 heterocycles. The summed E-state index contributed by atoms with van der Waals surface area (Å²) >= 11 is 0. The number of hydrogen-bond donors (Lipinski definition) is 1. The second-order valence-electron chi connectivity index (χ2n) is 5.61. The molecule has 0 spiro atoms. The van der Waals surface area contributed by atoms with E-state index >= 15 is 0 Å². The molecule has 134 valence electrons. The van der Waals surface area contributed by atoms with Gasteiger partial charge >= 0.3 is 0 Å². The molecular formula is C20H25NO4. The van der Waals surface area contributed by atoms with E-state index in [-0.39, 0.29) is 11.8 Å². The predicted octanol–water partition coefficient (Wildman–Crippen LogP) is 3.52. The van der Waals surface area contributed by atoms with Crippen LogP contribution >= 0.6 is 0 Å². The van der Waals surface area contributed by atoms with E-state index in [1.54, 1.807) is 27.4 Å². The summed E-state index contributed by atoms with van der Waals surface area (Å²) in [5.74, 6) is 1.65. The average molecular weight is 343 g/mol. The molecular weight excluding hydrogens is 318 g/mol. The monoisotopic (exact) mass is 343 g/mol. The van der Waals surface area contributed by atoms with Gasteiger partial charge in [0.05, 0.1) is 27.2 Å². The fourth-order valence-electron chi connectivity index (χ4n) is 2.79. The zero-order valence-electron chi connectivity index (χ0n) is 15.2. The van der Waals surface area contributed by atoms with Crippen LogP contribution in [-0.2, 0) is 11.3 Å². The lowest BCUT2D eigenvalue weighted by atomic mass is 9.95. The fraction of sp³-hybridized carbons (Fsp3) is 0.350. The van der Waals surface area contributed by atoms with Gasteiger partial charge in [0.15, 0.2) is 11.5 Å². The topological polar surface area (TPSA) is 56.8 Å². The summed E-state index contributed by atoms with van der Waals surface area (Å²) in [6, 6.07) is 13.4. The highest BCUT2D eigenvalue weighted by atomic mass is 16.5. The first-order valence-electron chi connectivity index (χ1n) is 8.26. The van der Waals surface area contributed by atoms with E-state index < -0.39 is 0 Å². The van der Waals surface area contributed by atoms with Gasteiger partial charge in [0.25, 0.3) is 0 Å². The van der Waals surface area contributed by atoms with Gasteiger partial charge in [-0.15, -0.1) is 0 Å². The lowest BCUT2D eigenvalue weighted by Gasteiger charge is -2.17. The Kier molecular flexibility index (Phi) is 6.69. The SMILES string of the molecule is CCC(C(=O)NCc1cc(OC)c(OC)cc1OC)c1ccccc1. The first-order chi connectivity index (χ1) is 12.1. The number of hydrogen-bond acceptors (Lipinski definition) is 4. The van der Waals surface area contributed by atoms with E-state index in [4.69, 9.17) is 14.2 Å². The lowest BCUT2D eigenvalue weighted by Crippen LogP contribution is -2.28. The summed E-state index contributed by atoms with van der Waals surface area (Å²) in [4.78, 5) is 12.6. The Morgan fingerprint density at radius 3 is 2.12 bits per heavy atom. The number of benzene rings is 2. The Hall–Kier alpha value is -2.69. The zero-order chi connectivity index (χ0) is 18.2. The van der Waals surface area contributed by atoms with E-state index in [0.717, 1.165) is 17.5 Å². The molecule has 0 aliphatic heterocycles. The van der Waals surface area contributed by atoms with Gasteiger partial charge in [0.2, 0.25) is 5.91 Å². The van der Waals surface area contributed by atoms with Crippen LogP contribution in [0.4, 0.5) is 0 Å². The van der Waals surface area contributed by atoms with Crippen molar-refractivity contribution in [2.75, 3.05) is 21.3 Å². The van der Waals surface area contributed by atoms with Gasteiger partial charge in [-0.1, -0.05) is 37.3 Å². The average Bonchev–Trinajstić information content (AvgIpc) is 2.66. The lowest BCUT2D eigenvalue weighted by molar-refractivity contribution is -0.122. The molecule has 0 saturated carbocycles. The number of carbonyl (C=O) groups is 1. The predicted molar refractivity (Wildman–Crippen MR) is 97.4 cm³/mol. The molecule has 0 radical (unpaired) electrons. The van der Waals surface area contributed by atoms with Gasteiger partial charge in [-0.25, -0.2) is 0 Å². The van der Waals surface area contributed by atoms with Crippen LogP contribution in [0, 0.1) is 0 Å². The number of carbonyl (C=O) groups excluding carboxylic acids is 1. The molecule has 0 aliphatic rings. The largest absolute Gasteiger partial charge is 0.496 e. The number of ether oxygens (including phenoxy) is 3. The summed E-state index contributed by atoms with van der Waals surface area (Å²) < 4.78 is 16.0. The van der Waals surface area contributed by atoms with E-state index in [9.17, 15) is 4.79 Å². The van der Waals surface area contributed by atoms with Gasteiger partial charge in [0.1, 0.15) is 5.75 Å². The summed E-state index contributed by atoms with van der Waals surface area (Å²) in [5.41, 5.74) is 1.85. The van der Waals surface area contributed by atoms with Crippen LogP contribution in [0.1, 0.15) is 30.4 Å². The molecule has 1 N–H and O–H groups in total. The van der Waals surface area contributed by atoms with Gasteiger partial charge in [-0.2, -0.15) is 0 Å². The zero-order valence-corrected chi connectivity index (χ0v) is 15.2. The van der Waals surface area contributed by atoms with Crippen molar-refractivity contribution in [1.82, 2.24) is 5.32 Å². The molecule has 0 aliphatic carbocycles. The Morgan fingerprint density at radius 2 is 1.56 bits per heavy atom. The van der Waals surface area contributed by atoms with Crippen LogP contribution < -0.4 is 19.5 Å². The molecule has 2 aromatic rings. The van der Waals surface area contributed by atoms with Crippen molar-refractivity contribution in [3.63, 3.8) is 0 Å². The van der Waals surface area contributed by atoms with E-state index in [1.165, 1.54) is 0 Å². The first-order valence-corrected chi connectivity index (χ1v) is 8.26. The summed E-state index contributed by atoms with van der Waals surface area (Å²) in [5, 5.41) is 3.00. The molecule has 1 atom stereocenters. The Bertz CT molecular complexity index is 700. The highest BCUT2D eigenvalue weighted by Crippen LogP contribution is 2.34. The normalized spacial score (nSPS) is 11.5. The van der Waals surface area contributed by atoms with Crippen molar-refractivity contribution in [2.45, 2.75) is 25.8 Å². The van der Waals surface area contributed by atoms with Crippen molar-refractivity contribution >= 4 is 5.91 Å². The first kappa shape index (κ1) is 18.6. The quantitative estimate of drug-likeness (QED) is 0.797. The number of methoxy groups -OCH3 is 3. The third-order valence-corrected chi connectivity index (χ3v) is 4.17. The molecule has 1 amide bonds. The molecule has 2 rings (SSSR count). The molecule has 1 unspecified atom stereocenters. The van der Waals surface area contributed by atoms with E-state index in [2.05, 4.69) is 5.32 Å². The van der Waals surface area contributed by atoms with Crippen molar-refractivity contribution in [1.29, 1.82) is 0 Å². The summed E-state index contributed by atoms with van der Waals surface area (Å²) in [6.07, 6.45) is 0.735. The third-order valence-electron chi connectivity index (χ3n) is 4.17. The highest BCUT2D eigenvalue weighted by Gasteiger charge is 2.19. The number of amides is 1. The van der Waals surface area contributed by atoms with Crippen molar-refractivity contribution in [2.24, 2.45) is 0 Å². The molecule has 0 fully saturated rings. The van der Waals surface area contributed by atoms with Gasteiger partial charge < -0.3 is 19.5 Å². The Balaban J connectivity index is 2.15. The highest BCUT2D eigenvalue weighted by molar-refractivity contribution is 5.83.